The Kier molecular flexibility index (Phi) is 5.94. The normalized spacial score (nSPS) is 14.4. The summed E-state index contributed by atoms with van der Waals surface area (Å²) in [6.07, 6.45) is 2.43. The van der Waals surface area contributed by atoms with Gasteiger partial charge in [-0.2, -0.15) is 0 Å². The molecule has 1 amide bonds. The molecule has 152 valence electrons. The molecular formula is C21H22Cl2N4O2. The number of amides is 1. The molecule has 0 radical (unpaired) electrons. The summed E-state index contributed by atoms with van der Waals surface area (Å²) in [5.41, 5.74) is 3.88. The zero-order valence-corrected chi connectivity index (χ0v) is 17.6. The van der Waals surface area contributed by atoms with Gasteiger partial charge in [-0.15, -0.1) is 0 Å². The maximum Gasteiger partial charge on any atom is 0.270 e. The van der Waals surface area contributed by atoms with Gasteiger partial charge in [0.2, 0.25) is 0 Å². The highest BCUT2D eigenvalue weighted by Gasteiger charge is 2.19. The maximum atomic E-state index is 12.9. The Morgan fingerprint density at radius 1 is 1.21 bits per heavy atom. The van der Waals surface area contributed by atoms with Gasteiger partial charge in [0.1, 0.15) is 11.3 Å². The van der Waals surface area contributed by atoms with E-state index in [1.807, 2.05) is 25.1 Å². The number of aryl methyl sites for hydroxylation is 1. The molecule has 0 atom stereocenters. The van der Waals surface area contributed by atoms with E-state index in [1.54, 1.807) is 22.7 Å². The molecule has 1 aromatic carbocycles. The number of nitrogens with one attached hydrogen (secondary N) is 1. The molecule has 1 fully saturated rings. The third-order valence-electron chi connectivity index (χ3n) is 5.03. The molecular weight excluding hydrogens is 411 g/mol. The van der Waals surface area contributed by atoms with E-state index in [-0.39, 0.29) is 5.91 Å². The second-order valence-electron chi connectivity index (χ2n) is 6.90. The molecule has 3 heterocycles. The van der Waals surface area contributed by atoms with Gasteiger partial charge < -0.3 is 15.0 Å². The van der Waals surface area contributed by atoms with E-state index in [0.29, 0.717) is 47.6 Å². The predicted molar refractivity (Wildman–Crippen MR) is 115 cm³/mol. The van der Waals surface area contributed by atoms with Crippen LogP contribution in [0.4, 0.5) is 5.69 Å². The molecule has 1 aliphatic rings. The lowest BCUT2D eigenvalue weighted by molar-refractivity contribution is 0.0944. The number of aromatic nitrogens is 2. The van der Waals surface area contributed by atoms with Crippen LogP contribution in [0.1, 0.15) is 28.7 Å². The fourth-order valence-corrected chi connectivity index (χ4v) is 4.02. The van der Waals surface area contributed by atoms with Gasteiger partial charge in [0.25, 0.3) is 5.91 Å². The van der Waals surface area contributed by atoms with Gasteiger partial charge in [0, 0.05) is 36.9 Å². The number of ether oxygens (including phenoxy) is 1. The second-order valence-corrected chi connectivity index (χ2v) is 7.75. The average Bonchev–Trinajstić information content (AvgIpc) is 3.10. The monoisotopic (exact) mass is 432 g/mol. The maximum absolute atomic E-state index is 12.9. The van der Waals surface area contributed by atoms with Crippen molar-refractivity contribution < 1.29 is 9.53 Å². The van der Waals surface area contributed by atoms with Crippen molar-refractivity contribution in [2.75, 3.05) is 31.2 Å². The van der Waals surface area contributed by atoms with Crippen molar-refractivity contribution >= 4 is 40.4 Å². The van der Waals surface area contributed by atoms with Crippen LogP contribution in [0.2, 0.25) is 10.0 Å². The molecule has 2 aromatic heterocycles. The van der Waals surface area contributed by atoms with Crippen LogP contribution in [0, 0.1) is 0 Å². The summed E-state index contributed by atoms with van der Waals surface area (Å²) in [6, 6.07) is 9.40. The standard InChI is InChI=1S/C21H22Cl2N4O2/c1-2-17-20(27-6-5-15(22)12-19(27)25-17)21(28)24-13-14-3-4-18(16(23)11-14)26-7-9-29-10-8-26/h3-6,11-12H,2,7-10,13H2,1H3,(H,24,28). The van der Waals surface area contributed by atoms with Gasteiger partial charge >= 0.3 is 0 Å². The van der Waals surface area contributed by atoms with Crippen molar-refractivity contribution in [3.8, 4) is 0 Å². The number of imidazole rings is 1. The Morgan fingerprint density at radius 2 is 2.00 bits per heavy atom. The molecule has 0 spiro atoms. The number of benzene rings is 1. The van der Waals surface area contributed by atoms with Crippen molar-refractivity contribution in [3.63, 3.8) is 0 Å². The van der Waals surface area contributed by atoms with Gasteiger partial charge in [-0.25, -0.2) is 4.98 Å². The molecule has 0 bridgehead atoms. The number of halogens is 2. The van der Waals surface area contributed by atoms with Crippen molar-refractivity contribution in [1.82, 2.24) is 14.7 Å². The summed E-state index contributed by atoms with van der Waals surface area (Å²) < 4.78 is 7.17. The van der Waals surface area contributed by atoms with E-state index in [4.69, 9.17) is 27.9 Å². The van der Waals surface area contributed by atoms with Crippen LogP contribution in [0.3, 0.4) is 0 Å². The Labute approximate surface area is 179 Å². The minimum Gasteiger partial charge on any atom is -0.378 e. The number of fused-ring (bicyclic) bond motifs is 1. The summed E-state index contributed by atoms with van der Waals surface area (Å²) in [6.45, 7) is 5.43. The summed E-state index contributed by atoms with van der Waals surface area (Å²) >= 11 is 12.5. The number of rotatable bonds is 5. The van der Waals surface area contributed by atoms with Crippen molar-refractivity contribution in [3.05, 3.63) is 63.5 Å². The Hall–Kier alpha value is -2.28. The van der Waals surface area contributed by atoms with E-state index in [2.05, 4.69) is 15.2 Å². The van der Waals surface area contributed by atoms with E-state index in [1.165, 1.54) is 0 Å². The predicted octanol–water partition coefficient (Wildman–Crippen LogP) is 3.97. The number of morpholine rings is 1. The Bertz CT molecular complexity index is 1040. The minimum atomic E-state index is -0.176. The minimum absolute atomic E-state index is 0.176. The summed E-state index contributed by atoms with van der Waals surface area (Å²) in [4.78, 5) is 19.6. The largest absolute Gasteiger partial charge is 0.378 e. The fraction of sp³-hybridized carbons (Fsp3) is 0.333. The van der Waals surface area contributed by atoms with Gasteiger partial charge in [-0.05, 0) is 30.2 Å². The fourth-order valence-electron chi connectivity index (χ4n) is 3.54. The van der Waals surface area contributed by atoms with E-state index < -0.39 is 0 Å². The Balaban J connectivity index is 1.50. The number of carbonyl (C=O) groups is 1. The molecule has 1 saturated heterocycles. The highest BCUT2D eigenvalue weighted by Crippen LogP contribution is 2.27. The first-order valence-electron chi connectivity index (χ1n) is 9.62. The molecule has 6 nitrogen and oxygen atoms in total. The molecule has 8 heteroatoms. The van der Waals surface area contributed by atoms with Crippen LogP contribution in [-0.2, 0) is 17.7 Å². The van der Waals surface area contributed by atoms with Gasteiger partial charge in [0.05, 0.1) is 29.6 Å². The molecule has 0 unspecified atom stereocenters. The van der Waals surface area contributed by atoms with E-state index in [9.17, 15) is 4.79 Å². The Morgan fingerprint density at radius 3 is 2.72 bits per heavy atom. The topological polar surface area (TPSA) is 58.9 Å². The van der Waals surface area contributed by atoms with Crippen LogP contribution in [0.5, 0.6) is 0 Å². The number of hydrogen-bond acceptors (Lipinski definition) is 4. The zero-order valence-electron chi connectivity index (χ0n) is 16.1. The first-order chi connectivity index (χ1) is 14.1. The lowest BCUT2D eigenvalue weighted by atomic mass is 10.1. The SMILES string of the molecule is CCc1nc2cc(Cl)ccn2c1C(=O)NCc1ccc(N2CCOCC2)c(Cl)c1. The van der Waals surface area contributed by atoms with Gasteiger partial charge in [-0.1, -0.05) is 36.2 Å². The van der Waals surface area contributed by atoms with Crippen molar-refractivity contribution in [1.29, 1.82) is 0 Å². The second kappa shape index (κ2) is 8.61. The molecule has 4 rings (SSSR count). The number of nitrogens with zero attached hydrogens (tertiary/aromatic N) is 3. The molecule has 1 aliphatic heterocycles. The number of hydrogen-bond donors (Lipinski definition) is 1. The molecule has 0 saturated carbocycles. The van der Waals surface area contributed by atoms with Crippen LogP contribution in [0.25, 0.3) is 5.65 Å². The molecule has 1 N–H and O–H groups in total. The number of pyridine rings is 1. The van der Waals surface area contributed by atoms with Crippen LogP contribution in [0.15, 0.2) is 36.5 Å². The lowest BCUT2D eigenvalue weighted by Gasteiger charge is -2.29. The smallest absolute Gasteiger partial charge is 0.270 e. The van der Waals surface area contributed by atoms with Crippen molar-refractivity contribution in [2.24, 2.45) is 0 Å². The zero-order chi connectivity index (χ0) is 20.4. The van der Waals surface area contributed by atoms with Gasteiger partial charge in [0.15, 0.2) is 0 Å². The molecule has 3 aromatic rings. The molecule has 0 aliphatic carbocycles. The average molecular weight is 433 g/mol. The third-order valence-corrected chi connectivity index (χ3v) is 5.57. The molecule has 29 heavy (non-hydrogen) atoms. The first-order valence-corrected chi connectivity index (χ1v) is 10.4. The van der Waals surface area contributed by atoms with Crippen molar-refractivity contribution in [2.45, 2.75) is 19.9 Å². The van der Waals surface area contributed by atoms with E-state index in [0.717, 1.165) is 30.0 Å². The van der Waals surface area contributed by atoms with Gasteiger partial charge in [-0.3, -0.25) is 9.20 Å². The van der Waals surface area contributed by atoms with Crippen LogP contribution in [-0.4, -0.2) is 41.6 Å². The van der Waals surface area contributed by atoms with Crippen LogP contribution < -0.4 is 10.2 Å². The van der Waals surface area contributed by atoms with E-state index >= 15 is 0 Å². The van der Waals surface area contributed by atoms with Crippen LogP contribution >= 0.6 is 23.2 Å². The number of anilines is 1. The number of carbonyl (C=O) groups excluding carboxylic acids is 1. The first kappa shape index (κ1) is 20.0. The highest BCUT2D eigenvalue weighted by atomic mass is 35.5. The quantitative estimate of drug-likeness (QED) is 0.662. The highest BCUT2D eigenvalue weighted by molar-refractivity contribution is 6.33. The third kappa shape index (κ3) is 4.20. The summed E-state index contributed by atoms with van der Waals surface area (Å²) in [5.74, 6) is -0.176. The summed E-state index contributed by atoms with van der Waals surface area (Å²) in [5, 5.41) is 4.25. The lowest BCUT2D eigenvalue weighted by Crippen LogP contribution is -2.36. The summed E-state index contributed by atoms with van der Waals surface area (Å²) in [7, 11) is 0.